The quantitative estimate of drug-likeness (QED) is 0.410. The SMILES string of the molecule is COc1ccc(CCn2nc(C(=O)NC3CC3)c3c2CCN(Cc2cn(C)c4ccccc24)C3)cc1. The predicted octanol–water partition coefficient (Wildman–Crippen LogP) is 4.08. The Hall–Kier alpha value is -3.58. The number of aryl methyl sites for hydroxylation is 3. The highest BCUT2D eigenvalue weighted by Crippen LogP contribution is 2.28. The topological polar surface area (TPSA) is 64.3 Å². The molecule has 0 atom stereocenters. The number of ether oxygens (including phenoxy) is 1. The number of carbonyl (C=O) groups excluding carboxylic acids is 1. The molecule has 2 aliphatic rings. The second-order valence-electron chi connectivity index (χ2n) is 10.1. The van der Waals surface area contributed by atoms with Crippen molar-refractivity contribution in [2.24, 2.45) is 7.05 Å². The first-order valence-corrected chi connectivity index (χ1v) is 12.9. The molecule has 3 heterocycles. The van der Waals surface area contributed by atoms with Crippen LogP contribution in [0.4, 0.5) is 0 Å². The van der Waals surface area contributed by atoms with E-state index in [-0.39, 0.29) is 5.91 Å². The van der Waals surface area contributed by atoms with Crippen LogP contribution in [0.1, 0.15) is 45.7 Å². The van der Waals surface area contributed by atoms with Crippen molar-refractivity contribution < 1.29 is 9.53 Å². The molecule has 0 spiro atoms. The molecule has 0 radical (unpaired) electrons. The minimum Gasteiger partial charge on any atom is -0.497 e. The number of aromatic nitrogens is 3. The molecule has 1 fully saturated rings. The van der Waals surface area contributed by atoms with Crippen LogP contribution in [0.3, 0.4) is 0 Å². The number of methoxy groups -OCH3 is 1. The van der Waals surface area contributed by atoms with E-state index in [0.717, 1.165) is 63.2 Å². The highest BCUT2D eigenvalue weighted by atomic mass is 16.5. The maximum Gasteiger partial charge on any atom is 0.272 e. The maximum atomic E-state index is 13.1. The van der Waals surface area contributed by atoms with Gasteiger partial charge in [0.1, 0.15) is 5.75 Å². The molecule has 7 nitrogen and oxygen atoms in total. The van der Waals surface area contributed by atoms with E-state index < -0.39 is 0 Å². The van der Waals surface area contributed by atoms with E-state index in [1.54, 1.807) is 7.11 Å². The van der Waals surface area contributed by atoms with E-state index in [1.807, 2.05) is 12.1 Å². The summed E-state index contributed by atoms with van der Waals surface area (Å²) in [7, 11) is 3.79. The monoisotopic (exact) mass is 483 g/mol. The number of hydrogen-bond donors (Lipinski definition) is 1. The molecule has 186 valence electrons. The molecule has 1 aliphatic carbocycles. The van der Waals surface area contributed by atoms with Gasteiger partial charge in [-0.1, -0.05) is 30.3 Å². The molecule has 4 aromatic rings. The summed E-state index contributed by atoms with van der Waals surface area (Å²) in [5.41, 5.74) is 6.72. The van der Waals surface area contributed by atoms with Crippen LogP contribution in [0.25, 0.3) is 10.9 Å². The summed E-state index contributed by atoms with van der Waals surface area (Å²) in [6.45, 7) is 3.32. The predicted molar refractivity (Wildman–Crippen MR) is 140 cm³/mol. The zero-order chi connectivity index (χ0) is 24.6. The Kier molecular flexibility index (Phi) is 6.01. The summed E-state index contributed by atoms with van der Waals surface area (Å²) in [6, 6.07) is 17.1. The normalized spacial score (nSPS) is 15.7. The van der Waals surface area contributed by atoms with Crippen molar-refractivity contribution in [1.29, 1.82) is 0 Å². The van der Waals surface area contributed by atoms with E-state index in [0.29, 0.717) is 11.7 Å². The number of amides is 1. The van der Waals surface area contributed by atoms with Crippen molar-refractivity contribution in [3.05, 3.63) is 82.8 Å². The first-order chi connectivity index (χ1) is 17.6. The fourth-order valence-corrected chi connectivity index (χ4v) is 5.35. The molecule has 6 rings (SSSR count). The van der Waals surface area contributed by atoms with E-state index in [1.165, 1.54) is 27.7 Å². The van der Waals surface area contributed by atoms with E-state index >= 15 is 0 Å². The fraction of sp³-hybridized carbons (Fsp3) is 0.379. The van der Waals surface area contributed by atoms with Gasteiger partial charge in [0.15, 0.2) is 5.69 Å². The van der Waals surface area contributed by atoms with Crippen LogP contribution in [-0.4, -0.2) is 44.9 Å². The summed E-state index contributed by atoms with van der Waals surface area (Å²) in [5, 5.41) is 9.33. The van der Waals surface area contributed by atoms with Crippen LogP contribution in [0.2, 0.25) is 0 Å². The lowest BCUT2D eigenvalue weighted by molar-refractivity contribution is 0.0943. The smallest absolute Gasteiger partial charge is 0.272 e. The zero-order valence-electron chi connectivity index (χ0n) is 21.0. The van der Waals surface area contributed by atoms with Gasteiger partial charge < -0.3 is 14.6 Å². The van der Waals surface area contributed by atoms with E-state index in [9.17, 15) is 4.79 Å². The molecular formula is C29H33N5O2. The van der Waals surface area contributed by atoms with Gasteiger partial charge in [0.2, 0.25) is 0 Å². The first kappa shape index (κ1) is 22.9. The number of nitrogens with zero attached hydrogens (tertiary/aromatic N) is 4. The van der Waals surface area contributed by atoms with Crippen molar-refractivity contribution in [2.45, 2.75) is 51.4 Å². The number of fused-ring (bicyclic) bond motifs is 2. The van der Waals surface area contributed by atoms with Gasteiger partial charge in [0, 0.05) is 74.0 Å². The maximum absolute atomic E-state index is 13.1. The van der Waals surface area contributed by atoms with Gasteiger partial charge in [0.05, 0.1) is 7.11 Å². The number of nitrogens with one attached hydrogen (secondary N) is 1. The van der Waals surface area contributed by atoms with Crippen LogP contribution >= 0.6 is 0 Å². The van der Waals surface area contributed by atoms with Gasteiger partial charge >= 0.3 is 0 Å². The van der Waals surface area contributed by atoms with Crippen LogP contribution in [-0.2, 0) is 39.5 Å². The molecule has 1 N–H and O–H groups in total. The summed E-state index contributed by atoms with van der Waals surface area (Å²) in [4.78, 5) is 15.6. The molecule has 1 saturated carbocycles. The highest BCUT2D eigenvalue weighted by Gasteiger charge is 2.31. The zero-order valence-corrected chi connectivity index (χ0v) is 21.0. The van der Waals surface area contributed by atoms with Crippen LogP contribution in [0.15, 0.2) is 54.7 Å². The van der Waals surface area contributed by atoms with Crippen LogP contribution in [0.5, 0.6) is 5.75 Å². The van der Waals surface area contributed by atoms with Crippen molar-refractivity contribution in [2.75, 3.05) is 13.7 Å². The van der Waals surface area contributed by atoms with Crippen molar-refractivity contribution in [3.63, 3.8) is 0 Å². The summed E-state index contributed by atoms with van der Waals surface area (Å²) in [5.74, 6) is 0.837. The molecule has 2 aromatic carbocycles. The summed E-state index contributed by atoms with van der Waals surface area (Å²) >= 11 is 0. The molecule has 0 saturated heterocycles. The number of carbonyl (C=O) groups is 1. The lowest BCUT2D eigenvalue weighted by Gasteiger charge is -2.27. The van der Waals surface area contributed by atoms with Crippen LogP contribution in [0, 0.1) is 0 Å². The minimum absolute atomic E-state index is 0.0241. The summed E-state index contributed by atoms with van der Waals surface area (Å²) < 4.78 is 9.56. The minimum atomic E-state index is -0.0241. The molecule has 1 amide bonds. The van der Waals surface area contributed by atoms with Gasteiger partial charge in [-0.2, -0.15) is 5.10 Å². The molecule has 1 aliphatic heterocycles. The standard InChI is InChI=1S/C29H33N5O2/c1-32-17-21(24-5-3-4-6-26(24)32)18-33-15-14-27-25(19-33)28(29(35)30-22-9-10-22)31-34(27)16-13-20-7-11-23(36-2)12-8-20/h3-8,11-12,17,22H,9-10,13-16,18-19H2,1-2H3,(H,30,35). The molecule has 36 heavy (non-hydrogen) atoms. The Bertz CT molecular complexity index is 1400. The highest BCUT2D eigenvalue weighted by molar-refractivity contribution is 5.94. The van der Waals surface area contributed by atoms with Gasteiger partial charge in [-0.3, -0.25) is 14.4 Å². The third-order valence-electron chi connectivity index (χ3n) is 7.49. The Morgan fingerprint density at radius 1 is 1.14 bits per heavy atom. The number of benzene rings is 2. The van der Waals surface area contributed by atoms with Gasteiger partial charge in [-0.05, 0) is 48.6 Å². The van der Waals surface area contributed by atoms with Crippen molar-refractivity contribution >= 4 is 16.8 Å². The Morgan fingerprint density at radius 2 is 1.94 bits per heavy atom. The Balaban J connectivity index is 1.24. The van der Waals surface area contributed by atoms with Gasteiger partial charge in [0.25, 0.3) is 5.91 Å². The van der Waals surface area contributed by atoms with E-state index in [2.05, 4.69) is 69.1 Å². The first-order valence-electron chi connectivity index (χ1n) is 12.9. The van der Waals surface area contributed by atoms with Crippen molar-refractivity contribution in [3.8, 4) is 5.75 Å². The summed E-state index contributed by atoms with van der Waals surface area (Å²) in [6.07, 6.45) is 6.13. The lowest BCUT2D eigenvalue weighted by Crippen LogP contribution is -2.32. The molecule has 7 heteroatoms. The Morgan fingerprint density at radius 3 is 2.72 bits per heavy atom. The fourth-order valence-electron chi connectivity index (χ4n) is 5.35. The number of rotatable bonds is 8. The average Bonchev–Trinajstić information content (AvgIpc) is 3.57. The Labute approximate surface area is 211 Å². The van der Waals surface area contributed by atoms with E-state index in [4.69, 9.17) is 9.84 Å². The molecule has 2 aromatic heterocycles. The second kappa shape index (κ2) is 9.47. The number of hydrogen-bond acceptors (Lipinski definition) is 4. The molecular weight excluding hydrogens is 450 g/mol. The van der Waals surface area contributed by atoms with Crippen LogP contribution < -0.4 is 10.1 Å². The number of para-hydroxylation sites is 1. The second-order valence-corrected chi connectivity index (χ2v) is 10.1. The van der Waals surface area contributed by atoms with Crippen molar-refractivity contribution in [1.82, 2.24) is 24.6 Å². The molecule has 0 unspecified atom stereocenters. The third-order valence-corrected chi connectivity index (χ3v) is 7.49. The largest absolute Gasteiger partial charge is 0.497 e. The third kappa shape index (κ3) is 4.51. The van der Waals surface area contributed by atoms with Gasteiger partial charge in [-0.25, -0.2) is 0 Å². The van der Waals surface area contributed by atoms with Gasteiger partial charge in [-0.15, -0.1) is 0 Å². The average molecular weight is 484 g/mol. The molecule has 0 bridgehead atoms. The lowest BCUT2D eigenvalue weighted by atomic mass is 10.0.